The Kier molecular flexibility index (Phi) is 5.93. The van der Waals surface area contributed by atoms with Gasteiger partial charge in [-0.2, -0.15) is 0 Å². The lowest BCUT2D eigenvalue weighted by molar-refractivity contribution is -0.218. The fourth-order valence-corrected chi connectivity index (χ4v) is 8.29. The maximum Gasteiger partial charge on any atom is 0.306 e. The van der Waals surface area contributed by atoms with Crippen LogP contribution in [0.5, 0.6) is 0 Å². The number of aliphatic hydroxyl groups excluding tert-OH is 1. The van der Waals surface area contributed by atoms with Crippen molar-refractivity contribution in [2.75, 3.05) is 7.11 Å². The number of hydrogen-bond donors (Lipinski definition) is 1. The van der Waals surface area contributed by atoms with Crippen molar-refractivity contribution >= 4 is 29.0 Å². The van der Waals surface area contributed by atoms with Crippen LogP contribution in [0.1, 0.15) is 66.2 Å². The van der Waals surface area contributed by atoms with E-state index in [1.165, 1.54) is 19.3 Å². The second-order valence-electron chi connectivity index (χ2n) is 10.9. The molecule has 0 aromatic carbocycles. The third kappa shape index (κ3) is 3.00. The summed E-state index contributed by atoms with van der Waals surface area (Å²) in [6, 6.07) is 0. The van der Waals surface area contributed by atoms with E-state index in [1.54, 1.807) is 13.0 Å². The maximum absolute atomic E-state index is 17.3. The van der Waals surface area contributed by atoms with Gasteiger partial charge in [-0.3, -0.25) is 9.59 Å². The predicted octanol–water partition coefficient (Wildman–Crippen LogP) is 4.66. The lowest BCUT2D eigenvalue weighted by Gasteiger charge is -2.62. The normalized spacial score (nSPS) is 46.0. The van der Waals surface area contributed by atoms with Crippen molar-refractivity contribution in [3.8, 4) is 0 Å². The molecule has 182 valence electrons. The molecular weight excluding hydrogens is 443 g/mol. The molecule has 0 radical (unpaired) electrons. The summed E-state index contributed by atoms with van der Waals surface area (Å²) in [6.07, 6.45) is 5.98. The highest BCUT2D eigenvalue weighted by Gasteiger charge is 2.77. The Balaban J connectivity index is 1.83. The highest BCUT2D eigenvalue weighted by atomic mass is 32.1. The third-order valence-electron chi connectivity index (χ3n) is 9.40. The first kappa shape index (κ1) is 24.5. The number of carbonyl (C=O) groups is 2. The Morgan fingerprint density at radius 1 is 1.33 bits per heavy atom. The molecule has 1 N–H and O–H groups in total. The van der Waals surface area contributed by atoms with Gasteiger partial charge in [-0.1, -0.05) is 32.4 Å². The summed E-state index contributed by atoms with van der Waals surface area (Å²) < 4.78 is 29.0. The molecule has 8 atom stereocenters. The Hall–Kier alpha value is -1.60. The highest BCUT2D eigenvalue weighted by Crippen LogP contribution is 2.71. The Bertz CT molecular complexity index is 945. The monoisotopic (exact) mass is 478 g/mol. The van der Waals surface area contributed by atoms with E-state index >= 15 is 4.39 Å². The number of aliphatic hydroxyl groups is 1. The molecule has 33 heavy (non-hydrogen) atoms. The zero-order valence-electron chi connectivity index (χ0n) is 20.2. The Morgan fingerprint density at radius 3 is 2.67 bits per heavy atom. The number of alkyl halides is 1. The van der Waals surface area contributed by atoms with Crippen LogP contribution in [-0.2, 0) is 19.1 Å². The molecule has 0 saturated heterocycles. The average molecular weight is 479 g/mol. The number of rotatable bonds is 4. The molecule has 0 unspecified atom stereocenters. The molecule has 4 aliphatic rings. The Morgan fingerprint density at radius 2 is 2.03 bits per heavy atom. The molecule has 5 nitrogen and oxygen atoms in total. The zero-order valence-corrected chi connectivity index (χ0v) is 21.0. The summed E-state index contributed by atoms with van der Waals surface area (Å²) in [5.41, 5.74) is -4.24. The van der Waals surface area contributed by atoms with E-state index in [-0.39, 0.29) is 41.5 Å². The molecule has 0 amide bonds. The number of halogens is 1. The molecule has 4 aliphatic carbocycles. The predicted molar refractivity (Wildman–Crippen MR) is 126 cm³/mol. The second kappa shape index (κ2) is 7.98. The first-order valence-electron chi connectivity index (χ1n) is 12.0. The molecule has 0 bridgehead atoms. The van der Waals surface area contributed by atoms with Crippen LogP contribution in [0.2, 0.25) is 0 Å². The van der Waals surface area contributed by atoms with E-state index in [1.807, 2.05) is 20.8 Å². The first-order chi connectivity index (χ1) is 15.4. The minimum Gasteiger partial charge on any atom is -0.487 e. The molecule has 4 rings (SSSR count). The van der Waals surface area contributed by atoms with Crippen molar-refractivity contribution in [2.45, 2.75) is 83.6 Å². The van der Waals surface area contributed by atoms with Crippen LogP contribution in [0.4, 0.5) is 4.39 Å². The fraction of sp³-hybridized carbons (Fsp3) is 0.731. The van der Waals surface area contributed by atoms with Crippen LogP contribution in [-0.4, -0.2) is 46.4 Å². The summed E-state index contributed by atoms with van der Waals surface area (Å²) in [5, 5.41) is 11.7. The number of allylic oxidation sites excluding steroid dienone is 4. The molecule has 3 fully saturated rings. The van der Waals surface area contributed by atoms with Crippen molar-refractivity contribution in [1.29, 1.82) is 0 Å². The number of ketones is 1. The van der Waals surface area contributed by atoms with Crippen molar-refractivity contribution < 1.29 is 28.6 Å². The van der Waals surface area contributed by atoms with Gasteiger partial charge >= 0.3 is 5.97 Å². The van der Waals surface area contributed by atoms with Gasteiger partial charge in [0.15, 0.2) is 17.1 Å². The van der Waals surface area contributed by atoms with E-state index in [0.29, 0.717) is 25.7 Å². The molecule has 0 aromatic heterocycles. The standard InChI is InChI=1S/C26H35FO5S/c1-6-7-21(30)32-26(22(33)31-5)15(2)12-19-18-9-8-16-13-17(28)10-11-23(16,3)25(18,27)20(29)14-24(19,26)4/h10-11,13,15,18-20,29H,6-9,12,14H2,1-5H3/t15-,18-,19-,20-,23-,24-,25-,26-/m0/s1. The van der Waals surface area contributed by atoms with Crippen LogP contribution < -0.4 is 0 Å². The van der Waals surface area contributed by atoms with Gasteiger partial charge in [0, 0.05) is 29.1 Å². The smallest absolute Gasteiger partial charge is 0.306 e. The van der Waals surface area contributed by atoms with Crippen LogP contribution >= 0.6 is 12.2 Å². The fourth-order valence-electron chi connectivity index (χ4n) is 7.81. The van der Waals surface area contributed by atoms with Gasteiger partial charge in [0.2, 0.25) is 5.05 Å². The summed E-state index contributed by atoms with van der Waals surface area (Å²) >= 11 is 5.66. The molecule has 7 heteroatoms. The maximum atomic E-state index is 17.3. The SMILES string of the molecule is CCCC(=O)O[C@]1(C(=S)OC)[C@@H](C)C[C@H]2[C@@H]3CCC4=CC(=O)C=C[C@]4(C)[C@@]3(F)[C@@H](O)C[C@@]21C. The van der Waals surface area contributed by atoms with E-state index in [0.717, 1.165) is 5.57 Å². The van der Waals surface area contributed by atoms with Gasteiger partial charge in [0.1, 0.15) is 0 Å². The van der Waals surface area contributed by atoms with Gasteiger partial charge in [0.25, 0.3) is 0 Å². The molecule has 0 aliphatic heterocycles. The molecule has 0 spiro atoms. The summed E-state index contributed by atoms with van der Waals surface area (Å²) in [7, 11) is 1.47. The van der Waals surface area contributed by atoms with Crippen molar-refractivity contribution in [3.05, 3.63) is 23.8 Å². The molecule has 3 saturated carbocycles. The third-order valence-corrected chi connectivity index (χ3v) is 9.87. The van der Waals surface area contributed by atoms with E-state index in [4.69, 9.17) is 21.7 Å². The van der Waals surface area contributed by atoms with Gasteiger partial charge in [-0.05, 0) is 69.3 Å². The lowest BCUT2D eigenvalue weighted by Crippen LogP contribution is -2.69. The van der Waals surface area contributed by atoms with Gasteiger partial charge in [-0.15, -0.1) is 0 Å². The van der Waals surface area contributed by atoms with E-state index < -0.39 is 34.1 Å². The zero-order chi connectivity index (χ0) is 24.4. The average Bonchev–Trinajstić information content (AvgIpc) is 2.97. The minimum absolute atomic E-state index is 0.0859. The van der Waals surface area contributed by atoms with Crippen LogP contribution in [0.15, 0.2) is 23.8 Å². The number of thiocarbonyl (C=S) groups is 1. The lowest BCUT2D eigenvalue weighted by atomic mass is 9.45. The van der Waals surface area contributed by atoms with Gasteiger partial charge < -0.3 is 14.6 Å². The van der Waals surface area contributed by atoms with E-state index in [9.17, 15) is 14.7 Å². The quantitative estimate of drug-likeness (QED) is 0.468. The summed E-state index contributed by atoms with van der Waals surface area (Å²) in [6.45, 7) is 7.66. The summed E-state index contributed by atoms with van der Waals surface area (Å²) in [4.78, 5) is 24.8. The highest BCUT2D eigenvalue weighted by molar-refractivity contribution is 7.80. The number of esters is 1. The minimum atomic E-state index is -1.93. The molecule has 0 aromatic rings. The topological polar surface area (TPSA) is 72.8 Å². The second-order valence-corrected chi connectivity index (χ2v) is 11.2. The van der Waals surface area contributed by atoms with Crippen LogP contribution in [0.25, 0.3) is 0 Å². The number of methoxy groups -OCH3 is 1. The molecular formula is C26H35FO5S. The number of ether oxygens (including phenoxy) is 2. The largest absolute Gasteiger partial charge is 0.487 e. The summed E-state index contributed by atoms with van der Waals surface area (Å²) in [5.74, 6) is -1.33. The Labute approximate surface area is 200 Å². The van der Waals surface area contributed by atoms with Crippen LogP contribution in [0.3, 0.4) is 0 Å². The van der Waals surface area contributed by atoms with Crippen molar-refractivity contribution in [2.24, 2.45) is 28.6 Å². The van der Waals surface area contributed by atoms with Gasteiger partial charge in [-0.25, -0.2) is 4.39 Å². The van der Waals surface area contributed by atoms with Crippen molar-refractivity contribution in [1.82, 2.24) is 0 Å². The number of carbonyl (C=O) groups excluding carboxylic acids is 2. The first-order valence-corrected chi connectivity index (χ1v) is 12.4. The number of fused-ring (bicyclic) bond motifs is 5. The van der Waals surface area contributed by atoms with E-state index in [2.05, 4.69) is 0 Å². The van der Waals surface area contributed by atoms with Crippen LogP contribution in [0, 0.1) is 28.6 Å². The number of hydrogen-bond acceptors (Lipinski definition) is 6. The molecule has 0 heterocycles. The van der Waals surface area contributed by atoms with Gasteiger partial charge in [0.05, 0.1) is 13.2 Å². The van der Waals surface area contributed by atoms with Crippen molar-refractivity contribution in [3.63, 3.8) is 0 Å².